The average Bonchev–Trinajstić information content (AvgIpc) is 3.99. The third kappa shape index (κ3) is 16.3. The summed E-state index contributed by atoms with van der Waals surface area (Å²) in [5, 5.41) is 21.7. The molecule has 386 valence electrons. The third-order valence-corrected chi connectivity index (χ3v) is 13.3. The lowest BCUT2D eigenvalue weighted by Gasteiger charge is -2.28. The number of allylic oxidation sites excluding steroid dienone is 5. The number of aliphatic hydroxyl groups is 2. The monoisotopic (exact) mass is 1030 g/mol. The van der Waals surface area contributed by atoms with Gasteiger partial charge in [0.05, 0.1) is 12.1 Å². The minimum atomic E-state index is -4.19. The Labute approximate surface area is 399 Å². The lowest BCUT2D eigenvalue weighted by molar-refractivity contribution is -0.191. The van der Waals surface area contributed by atoms with Crippen LogP contribution in [0.3, 0.4) is 0 Å². The van der Waals surface area contributed by atoms with E-state index in [-0.39, 0.29) is 56.7 Å². The van der Waals surface area contributed by atoms with Gasteiger partial charge in [0, 0.05) is 78.0 Å². The van der Waals surface area contributed by atoms with Gasteiger partial charge in [-0.1, -0.05) is 30.9 Å². The van der Waals surface area contributed by atoms with E-state index in [2.05, 4.69) is 27.6 Å². The van der Waals surface area contributed by atoms with E-state index in [1.807, 2.05) is 0 Å². The quantitative estimate of drug-likeness (QED) is 0.126. The molecule has 2 saturated carbocycles. The summed E-state index contributed by atoms with van der Waals surface area (Å²) in [7, 11) is -1.16. The molecule has 10 atom stereocenters. The van der Waals surface area contributed by atoms with Crippen molar-refractivity contribution in [1.82, 2.24) is 24.4 Å². The number of ketones is 1. The van der Waals surface area contributed by atoms with Crippen LogP contribution in [0, 0.1) is 11.8 Å². The van der Waals surface area contributed by atoms with Crippen LogP contribution >= 0.6 is 15.6 Å². The molecule has 4 unspecified atom stereocenters. The first-order valence-electron chi connectivity index (χ1n) is 20.4. The molecule has 2 aromatic heterocycles. The Morgan fingerprint density at radius 2 is 1.39 bits per heavy atom. The number of aliphatic hydroxyl groups excluding tert-OH is 2. The number of ether oxygens (including phenoxy) is 2. The van der Waals surface area contributed by atoms with Gasteiger partial charge < -0.3 is 40.7 Å². The number of carbonyl (C=O) groups is 2. The number of carbonyl (C=O) groups excluding carboxylic acids is 4. The van der Waals surface area contributed by atoms with E-state index in [9.17, 15) is 48.1 Å². The number of amides is 1. The van der Waals surface area contributed by atoms with E-state index in [1.165, 1.54) is 86.3 Å². The lowest BCUT2D eigenvalue weighted by atomic mass is 10.1. The summed E-state index contributed by atoms with van der Waals surface area (Å²) in [4.78, 5) is 88.9. The smallest absolute Gasteiger partial charge is 0.445 e. The number of rotatable bonds is 13. The Hall–Kier alpha value is -6.02. The van der Waals surface area contributed by atoms with Gasteiger partial charge in [-0.25, -0.2) is 23.5 Å². The molecule has 1 saturated heterocycles. The highest BCUT2D eigenvalue weighted by molar-refractivity contribution is 7.49. The maximum absolute atomic E-state index is 13.3. The molecular weight excluding hydrogens is 974 g/mol. The average molecular weight is 1030 g/mol. The van der Waals surface area contributed by atoms with Gasteiger partial charge in [0.2, 0.25) is 0 Å². The number of hydrogen-bond acceptors (Lipinski definition) is 21. The van der Waals surface area contributed by atoms with E-state index in [4.69, 9.17) is 46.2 Å². The van der Waals surface area contributed by atoms with Crippen LogP contribution in [0.2, 0.25) is 0 Å². The fourth-order valence-electron chi connectivity index (χ4n) is 7.27. The molecule has 7 rings (SSSR count). The summed E-state index contributed by atoms with van der Waals surface area (Å²) < 4.78 is 70.2. The van der Waals surface area contributed by atoms with Crippen molar-refractivity contribution < 1.29 is 82.0 Å². The maximum atomic E-state index is 13.3. The first kappa shape index (κ1) is 60.1. The van der Waals surface area contributed by atoms with Crippen molar-refractivity contribution in [1.29, 1.82) is 0 Å². The molecule has 1 amide bonds. The van der Waals surface area contributed by atoms with Crippen LogP contribution in [0.1, 0.15) is 31.9 Å². The summed E-state index contributed by atoms with van der Waals surface area (Å²) in [6.07, 6.45) is 6.32. The number of methoxy groups -OCH3 is 1. The molecule has 3 aliphatic carbocycles. The number of nitrogens with zero attached hydrogens (tertiary/aromatic N) is 2. The first-order valence-corrected chi connectivity index (χ1v) is 23.4. The molecule has 1 aromatic carbocycles. The fraction of sp³-hybridized carbons (Fsp3) is 0.439. The van der Waals surface area contributed by atoms with Crippen LogP contribution in [0.4, 0.5) is 4.79 Å². The number of hydrogen-bond donors (Lipinski definition) is 6. The Morgan fingerprint density at radius 1 is 0.871 bits per heavy atom. The zero-order valence-corrected chi connectivity index (χ0v) is 40.2. The molecule has 3 fully saturated rings. The van der Waals surface area contributed by atoms with Gasteiger partial charge in [0.15, 0.2) is 5.78 Å². The Morgan fingerprint density at radius 3 is 1.84 bits per heavy atom. The highest BCUT2D eigenvalue weighted by Crippen LogP contribution is 2.63. The molecule has 0 spiro atoms. The van der Waals surface area contributed by atoms with Gasteiger partial charge in [0.25, 0.3) is 11.1 Å². The maximum Gasteiger partial charge on any atom is 1.00 e. The minimum absolute atomic E-state index is 0. The number of nitrogens with one attached hydrogen (secondary N) is 3. The third-order valence-electron chi connectivity index (χ3n) is 10.4. The van der Waals surface area contributed by atoms with Gasteiger partial charge in [-0.2, -0.15) is 9.59 Å². The predicted molar refractivity (Wildman–Crippen MR) is 244 cm³/mol. The number of aromatic amines is 2. The molecule has 27 nitrogen and oxygen atoms in total. The minimum Gasteiger partial charge on any atom is -0.445 e. The van der Waals surface area contributed by atoms with Crippen LogP contribution in [0.5, 0.6) is 5.75 Å². The van der Waals surface area contributed by atoms with E-state index in [1.54, 1.807) is 24.3 Å². The second-order valence-electron chi connectivity index (χ2n) is 14.5. The van der Waals surface area contributed by atoms with Crippen LogP contribution in [0.25, 0.3) is 0 Å². The number of fused-ring (bicyclic) bond motifs is 1. The van der Waals surface area contributed by atoms with E-state index in [0.29, 0.717) is 12.0 Å². The van der Waals surface area contributed by atoms with Crippen LogP contribution in [0.15, 0.2) is 104 Å². The molecule has 29 heteroatoms. The Kier molecular flexibility index (Phi) is 24.6. The van der Waals surface area contributed by atoms with Crippen molar-refractivity contribution in [3.63, 3.8) is 0 Å². The normalized spacial score (nSPS) is 25.5. The lowest BCUT2D eigenvalue weighted by Crippen LogP contribution is -2.39. The molecule has 9 N–H and O–H groups in total. The molecule has 70 heavy (non-hydrogen) atoms. The zero-order valence-electron chi connectivity index (χ0n) is 39.4. The van der Waals surface area contributed by atoms with E-state index in [0.717, 1.165) is 12.7 Å². The molecule has 1 aliphatic heterocycles. The molecule has 0 bridgehead atoms. The number of nitrogens with two attached hydrogens (primary N) is 1. The molecular formula is C41H57N6O21P2+. The van der Waals surface area contributed by atoms with Gasteiger partial charge >= 0.3 is 40.7 Å². The van der Waals surface area contributed by atoms with Gasteiger partial charge in [-0.3, -0.25) is 56.1 Å². The second-order valence-corrected chi connectivity index (χ2v) is 17.8. The highest BCUT2D eigenvalue weighted by Gasteiger charge is 2.57. The number of alkyl carbamates (subject to hydrolysis) is 1. The van der Waals surface area contributed by atoms with Gasteiger partial charge in [-0.15, -0.1) is 0 Å². The summed E-state index contributed by atoms with van der Waals surface area (Å²) in [6.45, 7) is 3.11. The van der Waals surface area contributed by atoms with Gasteiger partial charge in [-0.05, 0) is 55.3 Å². The van der Waals surface area contributed by atoms with Crippen LogP contribution in [-0.2, 0) is 62.2 Å². The van der Waals surface area contributed by atoms with Crippen LogP contribution in [-0.4, -0.2) is 126 Å². The number of phosphoric ester groups is 2. The van der Waals surface area contributed by atoms with Gasteiger partial charge in [0.1, 0.15) is 36.8 Å². The Balaban J connectivity index is 0.000000589. The number of benzene rings is 1. The topological polar surface area (TPSA) is 396 Å². The number of H-pyrrole nitrogens is 2. The van der Waals surface area contributed by atoms with E-state index < -0.39 is 86.7 Å². The number of aromatic nitrogens is 4. The standard InChI is InChI=1S/C21H28N3O10P.C11H15N2O7P.C7H6O.CH5N.CO2.H2O/c1-22-21(28)32-12-13-4-6-15(7-5-13)33-35(29,31-3)34-18-14(11-25)10-16(19(18)30-2)24-9-8-17(26)23-20(24)27;1-18-21(17)19-9-6(5-14)4-7(10(9)20-21)13-3-2-8(15)12-11(13)16;1-6-2-4-7(8)5-3-6;1-2;2-1-3;/h4-9,14,16,18-19,25H,10-12H2,1-3H3,(H,22,28)(H,23,26,27);2-3,6-7,9-10,14H,4-5H2,1H3,(H,12,15,16);2-5H,1H2;2H2,1H3;;1H2/p+1/t14-,16-,18?,19-,35?;6-,7-,9?,10-,21?;;;;/m11..../s1. The van der Waals surface area contributed by atoms with Crippen molar-refractivity contribution in [2.75, 3.05) is 48.6 Å². The fourth-order valence-corrected chi connectivity index (χ4v) is 9.81. The predicted octanol–water partition coefficient (Wildman–Crippen LogP) is 0.325. The second kappa shape index (κ2) is 28.6. The molecule has 4 aliphatic rings. The summed E-state index contributed by atoms with van der Waals surface area (Å²) in [6, 6.07) is 7.54. The molecule has 3 heterocycles. The van der Waals surface area contributed by atoms with Crippen molar-refractivity contribution in [3.05, 3.63) is 132 Å². The summed E-state index contributed by atoms with van der Waals surface area (Å²) in [5.41, 5.74) is 3.76. The van der Waals surface area contributed by atoms with Crippen molar-refractivity contribution in [2.24, 2.45) is 17.6 Å². The van der Waals surface area contributed by atoms with E-state index >= 15 is 0 Å². The van der Waals surface area contributed by atoms with Crippen molar-refractivity contribution >= 4 is 33.7 Å². The largest absolute Gasteiger partial charge is 1.00 e. The molecule has 0 radical (unpaired) electrons. The van der Waals surface area contributed by atoms with Crippen LogP contribution < -0.4 is 38.1 Å². The number of phosphoric acid groups is 2. The summed E-state index contributed by atoms with van der Waals surface area (Å²) in [5.74, 6) is -0.693. The SMILES string of the molecule is C=C1C=CC(=O)C=C1.CN.CNC(=O)OCc1ccc(OP(=O)(OC)OC2[C@@H](CO)C[C@@H](n3ccc(=O)[nH]c3=O)[C@H]2OC)cc1.COP1(=O)OC2[C@@H](CO)C[C@@H](n3ccc(=O)[nH]c3=O)[C@H]2O1.O.O=C=O.[H+]. The summed E-state index contributed by atoms with van der Waals surface area (Å²) >= 11 is 0. The first-order chi connectivity index (χ1) is 32.9. The van der Waals surface area contributed by atoms with Crippen molar-refractivity contribution in [2.45, 2.75) is 55.9 Å². The highest BCUT2D eigenvalue weighted by atomic mass is 31.2. The molecule has 3 aromatic rings. The van der Waals surface area contributed by atoms with Crippen molar-refractivity contribution in [3.8, 4) is 5.75 Å². The Bertz CT molecular complexity index is 2610. The zero-order chi connectivity index (χ0) is 51.5.